The van der Waals surface area contributed by atoms with Crippen molar-refractivity contribution < 1.29 is 9.53 Å². The Balaban J connectivity index is 2.05. The molecule has 1 aromatic heterocycles. The van der Waals surface area contributed by atoms with E-state index in [9.17, 15) is 4.79 Å². The molecule has 0 unspecified atom stereocenters. The molecule has 0 bridgehead atoms. The average molecular weight is 365 g/mol. The lowest BCUT2D eigenvalue weighted by Crippen LogP contribution is -2.25. The summed E-state index contributed by atoms with van der Waals surface area (Å²) in [6, 6.07) is 9.85. The van der Waals surface area contributed by atoms with Crippen LogP contribution in [0.4, 0.5) is 0 Å². The molecule has 0 radical (unpaired) electrons. The standard InChI is InChI=1S/C17H21BrN2O2/c1-3-20-11-15(18)9-16(20)17(21)19-10-13-7-5-6-8-14(13)12-22-4-2/h5-9,11H,3-4,10,12H2,1-2H3,(H,19,21). The van der Waals surface area contributed by atoms with Crippen LogP contribution in [0.25, 0.3) is 0 Å². The number of benzene rings is 1. The lowest BCUT2D eigenvalue weighted by atomic mass is 10.1. The van der Waals surface area contributed by atoms with E-state index in [1.165, 1.54) is 0 Å². The van der Waals surface area contributed by atoms with E-state index in [0.717, 1.165) is 22.1 Å². The summed E-state index contributed by atoms with van der Waals surface area (Å²) in [5.74, 6) is -0.0706. The third-order valence-corrected chi connectivity index (χ3v) is 3.89. The minimum Gasteiger partial charge on any atom is -0.377 e. The normalized spacial score (nSPS) is 10.7. The molecule has 1 aromatic carbocycles. The molecule has 22 heavy (non-hydrogen) atoms. The molecule has 0 fully saturated rings. The first-order valence-corrected chi connectivity index (χ1v) is 8.23. The van der Waals surface area contributed by atoms with E-state index in [2.05, 4.69) is 21.2 Å². The summed E-state index contributed by atoms with van der Waals surface area (Å²) in [5.41, 5.74) is 2.85. The molecular formula is C17H21BrN2O2. The number of aromatic nitrogens is 1. The quantitative estimate of drug-likeness (QED) is 0.813. The smallest absolute Gasteiger partial charge is 0.268 e. The number of carbonyl (C=O) groups is 1. The summed E-state index contributed by atoms with van der Waals surface area (Å²) in [6.07, 6.45) is 1.91. The van der Waals surface area contributed by atoms with Crippen molar-refractivity contribution in [3.05, 3.63) is 57.8 Å². The fourth-order valence-electron chi connectivity index (χ4n) is 2.28. The van der Waals surface area contributed by atoms with Gasteiger partial charge in [0.15, 0.2) is 0 Å². The first kappa shape index (κ1) is 16.8. The molecular weight excluding hydrogens is 344 g/mol. The zero-order valence-electron chi connectivity index (χ0n) is 12.9. The van der Waals surface area contributed by atoms with Crippen LogP contribution in [0.15, 0.2) is 41.0 Å². The van der Waals surface area contributed by atoms with E-state index in [1.54, 1.807) is 0 Å². The van der Waals surface area contributed by atoms with Gasteiger partial charge in [0.05, 0.1) is 6.61 Å². The van der Waals surface area contributed by atoms with Gasteiger partial charge in [-0.15, -0.1) is 0 Å². The Morgan fingerprint density at radius 2 is 2.00 bits per heavy atom. The highest BCUT2D eigenvalue weighted by molar-refractivity contribution is 9.10. The van der Waals surface area contributed by atoms with Gasteiger partial charge >= 0.3 is 0 Å². The molecule has 2 rings (SSSR count). The Morgan fingerprint density at radius 3 is 2.68 bits per heavy atom. The van der Waals surface area contributed by atoms with E-state index >= 15 is 0 Å². The molecule has 0 saturated carbocycles. The van der Waals surface area contributed by atoms with Crippen LogP contribution >= 0.6 is 15.9 Å². The molecule has 1 N–H and O–H groups in total. The Morgan fingerprint density at radius 1 is 1.27 bits per heavy atom. The Labute approximate surface area is 139 Å². The van der Waals surface area contributed by atoms with E-state index < -0.39 is 0 Å². The topological polar surface area (TPSA) is 43.3 Å². The van der Waals surface area contributed by atoms with E-state index in [0.29, 0.717) is 25.5 Å². The van der Waals surface area contributed by atoms with Gasteiger partial charge in [0, 0.05) is 30.4 Å². The summed E-state index contributed by atoms with van der Waals surface area (Å²) >= 11 is 3.41. The third-order valence-electron chi connectivity index (χ3n) is 3.46. The van der Waals surface area contributed by atoms with Crippen LogP contribution in [0.5, 0.6) is 0 Å². The second-order valence-corrected chi connectivity index (χ2v) is 5.83. The summed E-state index contributed by atoms with van der Waals surface area (Å²) in [7, 11) is 0. The van der Waals surface area contributed by atoms with E-state index in [1.807, 2.05) is 54.9 Å². The maximum absolute atomic E-state index is 12.4. The summed E-state index contributed by atoms with van der Waals surface area (Å²) in [4.78, 5) is 12.4. The number of hydrogen-bond acceptors (Lipinski definition) is 2. The van der Waals surface area contributed by atoms with Gasteiger partial charge in [0.2, 0.25) is 0 Å². The number of hydrogen-bond donors (Lipinski definition) is 1. The highest BCUT2D eigenvalue weighted by Crippen LogP contribution is 2.15. The molecule has 0 aliphatic rings. The van der Waals surface area contributed by atoms with Gasteiger partial charge < -0.3 is 14.6 Å². The van der Waals surface area contributed by atoms with Crippen LogP contribution in [-0.2, 0) is 24.4 Å². The number of nitrogens with zero attached hydrogens (tertiary/aromatic N) is 1. The number of amides is 1. The van der Waals surface area contributed by atoms with Crippen molar-refractivity contribution in [3.63, 3.8) is 0 Å². The first-order valence-electron chi connectivity index (χ1n) is 7.44. The minimum absolute atomic E-state index is 0.0706. The van der Waals surface area contributed by atoms with Crippen LogP contribution in [0.3, 0.4) is 0 Å². The number of carbonyl (C=O) groups excluding carboxylic acids is 1. The number of halogens is 1. The molecule has 5 heteroatoms. The van der Waals surface area contributed by atoms with Crippen LogP contribution < -0.4 is 5.32 Å². The predicted molar refractivity (Wildman–Crippen MR) is 90.7 cm³/mol. The highest BCUT2D eigenvalue weighted by Gasteiger charge is 2.12. The molecule has 0 aliphatic heterocycles. The van der Waals surface area contributed by atoms with Gasteiger partial charge in [0.25, 0.3) is 5.91 Å². The summed E-state index contributed by atoms with van der Waals surface area (Å²) < 4.78 is 8.30. The van der Waals surface area contributed by atoms with Crippen molar-refractivity contribution in [2.45, 2.75) is 33.5 Å². The minimum atomic E-state index is -0.0706. The van der Waals surface area contributed by atoms with E-state index in [4.69, 9.17) is 4.74 Å². The van der Waals surface area contributed by atoms with Crippen molar-refractivity contribution in [1.29, 1.82) is 0 Å². The van der Waals surface area contributed by atoms with Gasteiger partial charge in [-0.05, 0) is 47.0 Å². The van der Waals surface area contributed by atoms with Gasteiger partial charge in [0.1, 0.15) is 5.69 Å². The molecule has 118 valence electrons. The number of ether oxygens (including phenoxy) is 1. The lowest BCUT2D eigenvalue weighted by molar-refractivity contribution is 0.0940. The van der Waals surface area contributed by atoms with Crippen molar-refractivity contribution in [2.75, 3.05) is 6.61 Å². The molecule has 0 aliphatic carbocycles. The second kappa shape index (κ2) is 8.15. The Kier molecular flexibility index (Phi) is 6.21. The predicted octanol–water partition coefficient (Wildman–Crippen LogP) is 3.74. The van der Waals surface area contributed by atoms with Crippen LogP contribution in [0, 0.1) is 0 Å². The van der Waals surface area contributed by atoms with Gasteiger partial charge in [-0.1, -0.05) is 24.3 Å². The fourth-order valence-corrected chi connectivity index (χ4v) is 2.74. The van der Waals surface area contributed by atoms with Crippen molar-refractivity contribution in [1.82, 2.24) is 9.88 Å². The SMILES string of the molecule is CCOCc1ccccc1CNC(=O)c1cc(Br)cn1CC. The fraction of sp³-hybridized carbons (Fsp3) is 0.353. The number of rotatable bonds is 7. The maximum atomic E-state index is 12.4. The molecule has 0 saturated heterocycles. The zero-order valence-corrected chi connectivity index (χ0v) is 14.5. The average Bonchev–Trinajstić information content (AvgIpc) is 2.92. The molecule has 4 nitrogen and oxygen atoms in total. The number of nitrogens with one attached hydrogen (secondary N) is 1. The lowest BCUT2D eigenvalue weighted by Gasteiger charge is -2.11. The first-order chi connectivity index (χ1) is 10.7. The monoisotopic (exact) mass is 364 g/mol. The third kappa shape index (κ3) is 4.21. The van der Waals surface area contributed by atoms with Crippen LogP contribution in [-0.4, -0.2) is 17.1 Å². The molecule has 0 spiro atoms. The van der Waals surface area contributed by atoms with Gasteiger partial charge in [-0.2, -0.15) is 0 Å². The summed E-state index contributed by atoms with van der Waals surface area (Å²) in [6.45, 7) is 6.49. The van der Waals surface area contributed by atoms with Crippen LogP contribution in [0.2, 0.25) is 0 Å². The van der Waals surface area contributed by atoms with Crippen molar-refractivity contribution >= 4 is 21.8 Å². The van der Waals surface area contributed by atoms with Crippen molar-refractivity contribution in [3.8, 4) is 0 Å². The largest absolute Gasteiger partial charge is 0.377 e. The molecule has 1 heterocycles. The zero-order chi connectivity index (χ0) is 15.9. The molecule has 2 aromatic rings. The highest BCUT2D eigenvalue weighted by atomic mass is 79.9. The maximum Gasteiger partial charge on any atom is 0.268 e. The Hall–Kier alpha value is -1.59. The van der Waals surface area contributed by atoms with E-state index in [-0.39, 0.29) is 5.91 Å². The molecule has 1 amide bonds. The van der Waals surface area contributed by atoms with Gasteiger partial charge in [-0.25, -0.2) is 0 Å². The molecule has 0 atom stereocenters. The number of aryl methyl sites for hydroxylation is 1. The second-order valence-electron chi connectivity index (χ2n) is 4.92. The van der Waals surface area contributed by atoms with Crippen molar-refractivity contribution in [2.24, 2.45) is 0 Å². The summed E-state index contributed by atoms with van der Waals surface area (Å²) in [5, 5.41) is 2.98. The Bertz CT molecular complexity index is 637. The van der Waals surface area contributed by atoms with Gasteiger partial charge in [-0.3, -0.25) is 4.79 Å². The van der Waals surface area contributed by atoms with Crippen LogP contribution in [0.1, 0.15) is 35.5 Å².